The van der Waals surface area contributed by atoms with Gasteiger partial charge in [0.15, 0.2) is 5.76 Å². The molecule has 0 saturated carbocycles. The van der Waals surface area contributed by atoms with E-state index in [4.69, 9.17) is 0 Å². The van der Waals surface area contributed by atoms with Gasteiger partial charge in [-0.1, -0.05) is 30.3 Å². The highest BCUT2D eigenvalue weighted by atomic mass is 19.4. The van der Waals surface area contributed by atoms with Gasteiger partial charge < -0.3 is 14.9 Å². The predicted octanol–water partition coefficient (Wildman–Crippen LogP) is 3.68. The normalized spacial score (nSPS) is 17.6. The highest BCUT2D eigenvalue weighted by Gasteiger charge is 2.36. The van der Waals surface area contributed by atoms with Crippen molar-refractivity contribution in [3.63, 3.8) is 0 Å². The Bertz CT molecular complexity index is 1020. The smallest absolute Gasteiger partial charge is 0.416 e. The summed E-state index contributed by atoms with van der Waals surface area (Å²) < 4.78 is 38.9. The molecule has 2 aliphatic rings. The lowest BCUT2D eigenvalue weighted by molar-refractivity contribution is -0.137. The molecule has 0 radical (unpaired) electrons. The Hall–Kier alpha value is -3.29. The van der Waals surface area contributed by atoms with Crippen LogP contribution in [0.15, 0.2) is 60.0 Å². The molecule has 1 aliphatic heterocycles. The first kappa shape index (κ1) is 19.0. The molecule has 4 rings (SSSR count). The van der Waals surface area contributed by atoms with E-state index < -0.39 is 29.1 Å². The van der Waals surface area contributed by atoms with Gasteiger partial charge >= 0.3 is 6.18 Å². The van der Waals surface area contributed by atoms with E-state index in [2.05, 4.69) is 0 Å². The van der Waals surface area contributed by atoms with Crippen molar-refractivity contribution in [1.82, 2.24) is 4.90 Å². The number of Topliss-reactive ketones (excluding diaryl/α,β-unsaturated/α-hetero) is 2. The SMILES string of the molecule is O=C1C(O)=C(N2CCN(c3cccc(C(F)(F)F)c3)CC2)C(=O)c2ccccc21. The molecular weight excluding hydrogens is 385 g/mol. The summed E-state index contributed by atoms with van der Waals surface area (Å²) in [6.07, 6.45) is -4.42. The summed E-state index contributed by atoms with van der Waals surface area (Å²) in [6.45, 7) is 1.27. The highest BCUT2D eigenvalue weighted by Crippen LogP contribution is 2.33. The van der Waals surface area contributed by atoms with Crippen molar-refractivity contribution in [2.24, 2.45) is 0 Å². The fourth-order valence-corrected chi connectivity index (χ4v) is 3.71. The monoisotopic (exact) mass is 402 g/mol. The van der Waals surface area contributed by atoms with Crippen LogP contribution < -0.4 is 4.90 Å². The lowest BCUT2D eigenvalue weighted by Crippen LogP contribution is -2.48. The van der Waals surface area contributed by atoms with Crippen LogP contribution in [0.4, 0.5) is 18.9 Å². The maximum absolute atomic E-state index is 13.0. The summed E-state index contributed by atoms with van der Waals surface area (Å²) in [6, 6.07) is 11.4. The lowest BCUT2D eigenvalue weighted by atomic mass is 9.90. The van der Waals surface area contributed by atoms with Crippen molar-refractivity contribution in [3.05, 3.63) is 76.7 Å². The van der Waals surface area contributed by atoms with Crippen LogP contribution in [-0.2, 0) is 6.18 Å². The zero-order valence-corrected chi connectivity index (χ0v) is 15.2. The molecule has 150 valence electrons. The van der Waals surface area contributed by atoms with E-state index in [0.717, 1.165) is 12.1 Å². The Morgan fingerprint density at radius 3 is 2.00 bits per heavy atom. The number of piperazine rings is 1. The molecule has 0 amide bonds. The second kappa shape index (κ2) is 6.95. The number of aliphatic hydroxyl groups excluding tert-OH is 1. The van der Waals surface area contributed by atoms with Gasteiger partial charge in [0, 0.05) is 43.0 Å². The third kappa shape index (κ3) is 3.35. The number of ketones is 2. The van der Waals surface area contributed by atoms with E-state index in [1.165, 1.54) is 12.1 Å². The molecule has 5 nitrogen and oxygen atoms in total. The molecule has 2 aromatic carbocycles. The zero-order valence-electron chi connectivity index (χ0n) is 15.2. The molecule has 0 spiro atoms. The van der Waals surface area contributed by atoms with Crippen molar-refractivity contribution >= 4 is 17.3 Å². The van der Waals surface area contributed by atoms with Crippen LogP contribution in [0.3, 0.4) is 0 Å². The maximum Gasteiger partial charge on any atom is 0.416 e. The molecule has 1 fully saturated rings. The molecule has 1 saturated heterocycles. The van der Waals surface area contributed by atoms with E-state index in [0.29, 0.717) is 18.8 Å². The van der Waals surface area contributed by atoms with E-state index in [-0.39, 0.29) is 29.9 Å². The molecular formula is C21H17F3N2O3. The zero-order chi connectivity index (χ0) is 20.8. The lowest BCUT2D eigenvalue weighted by Gasteiger charge is -2.39. The van der Waals surface area contributed by atoms with Crippen LogP contribution in [-0.4, -0.2) is 47.8 Å². The number of rotatable bonds is 2. The number of carbonyl (C=O) groups is 2. The number of aliphatic hydroxyl groups is 1. The molecule has 0 unspecified atom stereocenters. The van der Waals surface area contributed by atoms with Crippen molar-refractivity contribution in [2.75, 3.05) is 31.1 Å². The molecule has 0 aromatic heterocycles. The first-order valence-corrected chi connectivity index (χ1v) is 9.06. The Morgan fingerprint density at radius 2 is 1.38 bits per heavy atom. The molecule has 2 aromatic rings. The molecule has 1 N–H and O–H groups in total. The average Bonchev–Trinajstić information content (AvgIpc) is 2.72. The Balaban J connectivity index is 1.54. The van der Waals surface area contributed by atoms with E-state index >= 15 is 0 Å². The number of nitrogens with zero attached hydrogens (tertiary/aromatic N) is 2. The number of carbonyl (C=O) groups excluding carboxylic acids is 2. The summed E-state index contributed by atoms with van der Waals surface area (Å²) in [5.41, 5.74) is 0.0841. The van der Waals surface area contributed by atoms with Crippen LogP contribution in [0, 0.1) is 0 Å². The number of halogens is 3. The second-order valence-electron chi connectivity index (χ2n) is 6.92. The van der Waals surface area contributed by atoms with Crippen LogP contribution in [0.25, 0.3) is 0 Å². The average molecular weight is 402 g/mol. The van der Waals surface area contributed by atoms with E-state index in [1.807, 2.05) is 0 Å². The summed E-state index contributed by atoms with van der Waals surface area (Å²) in [5.74, 6) is -1.61. The number of anilines is 1. The van der Waals surface area contributed by atoms with Crippen LogP contribution in [0.5, 0.6) is 0 Å². The van der Waals surface area contributed by atoms with Crippen molar-refractivity contribution < 1.29 is 27.9 Å². The standard InChI is InChI=1S/C21H17F3N2O3/c22-21(23,24)13-4-3-5-14(12-13)25-8-10-26(11-9-25)17-18(27)15-6-1-2-7-16(15)19(28)20(17)29/h1-7,12,29H,8-11H2. The van der Waals surface area contributed by atoms with Crippen molar-refractivity contribution in [3.8, 4) is 0 Å². The number of hydrogen-bond acceptors (Lipinski definition) is 5. The Labute approximate surface area is 164 Å². The molecule has 1 heterocycles. The fraction of sp³-hybridized carbons (Fsp3) is 0.238. The number of hydrogen-bond donors (Lipinski definition) is 1. The maximum atomic E-state index is 13.0. The first-order valence-electron chi connectivity index (χ1n) is 9.06. The van der Waals surface area contributed by atoms with Gasteiger partial charge in [0.05, 0.1) is 5.56 Å². The minimum absolute atomic E-state index is 0.0441. The van der Waals surface area contributed by atoms with Gasteiger partial charge in [-0.25, -0.2) is 0 Å². The summed E-state index contributed by atoms with van der Waals surface area (Å²) in [4.78, 5) is 28.7. The molecule has 29 heavy (non-hydrogen) atoms. The van der Waals surface area contributed by atoms with Crippen LogP contribution >= 0.6 is 0 Å². The van der Waals surface area contributed by atoms with Gasteiger partial charge in [0.25, 0.3) is 0 Å². The minimum atomic E-state index is -4.42. The third-order valence-corrected chi connectivity index (χ3v) is 5.21. The fourth-order valence-electron chi connectivity index (χ4n) is 3.71. The molecule has 1 aliphatic carbocycles. The topological polar surface area (TPSA) is 60.9 Å². The van der Waals surface area contributed by atoms with Crippen molar-refractivity contribution in [2.45, 2.75) is 6.18 Å². The van der Waals surface area contributed by atoms with Crippen LogP contribution in [0.2, 0.25) is 0 Å². The Kier molecular flexibility index (Phi) is 4.56. The number of benzene rings is 2. The van der Waals surface area contributed by atoms with Gasteiger partial charge in [-0.05, 0) is 18.2 Å². The van der Waals surface area contributed by atoms with Crippen LogP contribution in [0.1, 0.15) is 26.3 Å². The van der Waals surface area contributed by atoms with Gasteiger partial charge in [-0.3, -0.25) is 9.59 Å². The Morgan fingerprint density at radius 1 is 0.793 bits per heavy atom. The number of fused-ring (bicyclic) bond motifs is 1. The third-order valence-electron chi connectivity index (χ3n) is 5.21. The predicted molar refractivity (Wildman–Crippen MR) is 100.0 cm³/mol. The quantitative estimate of drug-likeness (QED) is 0.831. The number of alkyl halides is 3. The van der Waals surface area contributed by atoms with Gasteiger partial charge in [-0.15, -0.1) is 0 Å². The van der Waals surface area contributed by atoms with Gasteiger partial charge in [0.1, 0.15) is 5.70 Å². The van der Waals surface area contributed by atoms with Gasteiger partial charge in [-0.2, -0.15) is 13.2 Å². The highest BCUT2D eigenvalue weighted by molar-refractivity contribution is 6.25. The van der Waals surface area contributed by atoms with Crippen molar-refractivity contribution in [1.29, 1.82) is 0 Å². The van der Waals surface area contributed by atoms with E-state index in [9.17, 15) is 27.9 Å². The summed E-state index contributed by atoms with van der Waals surface area (Å²) in [7, 11) is 0. The largest absolute Gasteiger partial charge is 0.503 e. The second-order valence-corrected chi connectivity index (χ2v) is 6.92. The molecule has 0 atom stereocenters. The molecule has 8 heteroatoms. The summed E-state index contributed by atoms with van der Waals surface area (Å²) >= 11 is 0. The van der Waals surface area contributed by atoms with Gasteiger partial charge in [0.2, 0.25) is 11.6 Å². The first-order chi connectivity index (χ1) is 13.8. The number of allylic oxidation sites excluding steroid dienone is 2. The summed E-state index contributed by atoms with van der Waals surface area (Å²) in [5, 5.41) is 10.3. The van der Waals surface area contributed by atoms with E-state index in [1.54, 1.807) is 34.1 Å². The molecule has 0 bridgehead atoms. The minimum Gasteiger partial charge on any atom is -0.503 e.